The Morgan fingerprint density at radius 3 is 2.48 bits per heavy atom. The van der Waals surface area contributed by atoms with Gasteiger partial charge in [-0.2, -0.15) is 0 Å². The van der Waals surface area contributed by atoms with Gasteiger partial charge in [0.2, 0.25) is 5.91 Å². The highest BCUT2D eigenvalue weighted by Crippen LogP contribution is 2.24. The maximum atomic E-state index is 12.1. The molecule has 2 aromatic heterocycles. The minimum atomic E-state index is -4.76. The molecule has 0 fully saturated rings. The van der Waals surface area contributed by atoms with Crippen molar-refractivity contribution in [3.63, 3.8) is 0 Å². The average molecular weight is 441 g/mol. The molecule has 0 atom stereocenters. The molecular weight excluding hydrogens is 427 g/mol. The van der Waals surface area contributed by atoms with Gasteiger partial charge in [-0.05, 0) is 42.1 Å². The molecule has 1 aromatic carbocycles. The molecule has 29 heavy (non-hydrogen) atoms. The first kappa shape index (κ1) is 20.8. The number of ether oxygens (including phenoxy) is 1. The molecule has 0 unspecified atom stereocenters. The van der Waals surface area contributed by atoms with Gasteiger partial charge in [-0.3, -0.25) is 14.9 Å². The Bertz CT molecular complexity index is 970. The van der Waals surface area contributed by atoms with Crippen molar-refractivity contribution in [2.45, 2.75) is 19.2 Å². The van der Waals surface area contributed by atoms with E-state index in [-0.39, 0.29) is 24.0 Å². The molecule has 0 bridgehead atoms. The third kappa shape index (κ3) is 6.57. The van der Waals surface area contributed by atoms with Gasteiger partial charge in [0, 0.05) is 17.5 Å². The third-order valence-corrected chi connectivity index (χ3v) is 5.17. The van der Waals surface area contributed by atoms with E-state index < -0.39 is 6.36 Å². The lowest BCUT2D eigenvalue weighted by Crippen LogP contribution is -2.17. The van der Waals surface area contributed by atoms with Gasteiger partial charge in [0.1, 0.15) is 5.75 Å². The van der Waals surface area contributed by atoms with Crippen molar-refractivity contribution < 1.29 is 27.5 Å². The minimum absolute atomic E-state index is 0.128. The van der Waals surface area contributed by atoms with Crippen LogP contribution in [0.15, 0.2) is 47.2 Å². The molecule has 6 nitrogen and oxygen atoms in total. The van der Waals surface area contributed by atoms with Crippen LogP contribution in [0.25, 0.3) is 0 Å². The number of alkyl halides is 3. The zero-order valence-electron chi connectivity index (χ0n) is 14.7. The topological polar surface area (TPSA) is 80.3 Å². The number of carbonyl (C=O) groups excluding carboxylic acids is 2. The van der Waals surface area contributed by atoms with Crippen molar-refractivity contribution in [3.8, 4) is 5.75 Å². The summed E-state index contributed by atoms with van der Waals surface area (Å²) in [7, 11) is 0. The number of amides is 2. The second kappa shape index (κ2) is 9.05. The van der Waals surface area contributed by atoms with Crippen LogP contribution in [0.1, 0.15) is 21.8 Å². The van der Waals surface area contributed by atoms with E-state index in [0.29, 0.717) is 27.8 Å². The van der Waals surface area contributed by atoms with Crippen LogP contribution in [0.5, 0.6) is 5.75 Å². The summed E-state index contributed by atoms with van der Waals surface area (Å²) in [4.78, 5) is 28.9. The molecule has 3 rings (SSSR count). The molecule has 2 heterocycles. The number of nitrogens with one attached hydrogen (secondary N) is 2. The highest BCUT2D eigenvalue weighted by molar-refractivity contribution is 7.14. The van der Waals surface area contributed by atoms with Crippen molar-refractivity contribution in [2.75, 3.05) is 10.6 Å². The summed E-state index contributed by atoms with van der Waals surface area (Å²) in [6.07, 6.45) is -4.28. The fraction of sp³-hybridized carbons (Fsp3) is 0.167. The highest BCUT2D eigenvalue weighted by Gasteiger charge is 2.30. The van der Waals surface area contributed by atoms with Gasteiger partial charge in [-0.15, -0.1) is 35.8 Å². The number of hydrogen-bond acceptors (Lipinski definition) is 6. The maximum absolute atomic E-state index is 12.1. The summed E-state index contributed by atoms with van der Waals surface area (Å²) < 4.78 is 40.2. The lowest BCUT2D eigenvalue weighted by molar-refractivity contribution is -0.274. The SMILES string of the molecule is O=C(CCc1csc(NC(=O)c2cccs2)n1)Nc1ccc(OC(F)(F)F)cc1. The zero-order valence-corrected chi connectivity index (χ0v) is 16.3. The number of anilines is 2. The van der Waals surface area contributed by atoms with Gasteiger partial charge in [-0.1, -0.05) is 6.07 Å². The zero-order chi connectivity index (χ0) is 20.9. The Morgan fingerprint density at radius 1 is 1.07 bits per heavy atom. The Kier molecular flexibility index (Phi) is 6.49. The molecule has 0 aliphatic heterocycles. The summed E-state index contributed by atoms with van der Waals surface area (Å²) in [5, 5.41) is 9.29. The van der Waals surface area contributed by atoms with Crippen molar-refractivity contribution >= 4 is 45.3 Å². The fourth-order valence-electron chi connectivity index (χ4n) is 2.25. The number of carbonyl (C=O) groups is 2. The first-order chi connectivity index (χ1) is 13.8. The van der Waals surface area contributed by atoms with Gasteiger partial charge < -0.3 is 10.1 Å². The van der Waals surface area contributed by atoms with Gasteiger partial charge in [0.05, 0.1) is 10.6 Å². The third-order valence-electron chi connectivity index (χ3n) is 3.50. The summed E-state index contributed by atoms with van der Waals surface area (Å²) in [5.74, 6) is -0.918. The van der Waals surface area contributed by atoms with Crippen LogP contribution in [0.3, 0.4) is 0 Å². The summed E-state index contributed by atoms with van der Waals surface area (Å²) in [5.41, 5.74) is 1.01. The molecule has 2 N–H and O–H groups in total. The van der Waals surface area contributed by atoms with Gasteiger partial charge in [-0.25, -0.2) is 4.98 Å². The molecule has 0 saturated heterocycles. The number of halogens is 3. The number of benzene rings is 1. The average Bonchev–Trinajstić information content (AvgIpc) is 3.32. The van der Waals surface area contributed by atoms with Crippen molar-refractivity contribution in [1.29, 1.82) is 0 Å². The number of hydrogen-bond donors (Lipinski definition) is 2. The second-order valence-corrected chi connectivity index (χ2v) is 7.50. The summed E-state index contributed by atoms with van der Waals surface area (Å²) in [6.45, 7) is 0. The van der Waals surface area contributed by atoms with Crippen molar-refractivity contribution in [2.24, 2.45) is 0 Å². The lowest BCUT2D eigenvalue weighted by Gasteiger charge is -2.09. The Morgan fingerprint density at radius 2 is 1.83 bits per heavy atom. The predicted molar refractivity (Wildman–Crippen MR) is 104 cm³/mol. The number of aryl methyl sites for hydroxylation is 1. The van der Waals surface area contributed by atoms with E-state index in [1.807, 2.05) is 0 Å². The number of aromatic nitrogens is 1. The highest BCUT2D eigenvalue weighted by atomic mass is 32.1. The van der Waals surface area contributed by atoms with E-state index >= 15 is 0 Å². The van der Waals surface area contributed by atoms with Crippen LogP contribution < -0.4 is 15.4 Å². The van der Waals surface area contributed by atoms with Gasteiger partial charge in [0.25, 0.3) is 5.91 Å². The molecule has 0 saturated carbocycles. The maximum Gasteiger partial charge on any atom is 0.573 e. The summed E-state index contributed by atoms with van der Waals surface area (Å²) in [6, 6.07) is 8.36. The van der Waals surface area contributed by atoms with Crippen LogP contribution in [0, 0.1) is 0 Å². The lowest BCUT2D eigenvalue weighted by atomic mass is 10.2. The molecule has 0 spiro atoms. The Balaban J connectivity index is 1.46. The van der Waals surface area contributed by atoms with E-state index in [0.717, 1.165) is 12.1 Å². The first-order valence-electron chi connectivity index (χ1n) is 8.23. The van der Waals surface area contributed by atoms with E-state index in [9.17, 15) is 22.8 Å². The molecule has 0 radical (unpaired) electrons. The molecule has 152 valence electrons. The van der Waals surface area contributed by atoms with E-state index in [2.05, 4.69) is 20.4 Å². The van der Waals surface area contributed by atoms with E-state index in [4.69, 9.17) is 0 Å². The minimum Gasteiger partial charge on any atom is -0.406 e. The summed E-state index contributed by atoms with van der Waals surface area (Å²) >= 11 is 2.58. The van der Waals surface area contributed by atoms with E-state index in [1.165, 1.54) is 34.8 Å². The van der Waals surface area contributed by atoms with Crippen molar-refractivity contribution in [1.82, 2.24) is 4.98 Å². The number of thiophene rings is 1. The Labute approximate surface area is 171 Å². The molecule has 2 amide bonds. The van der Waals surface area contributed by atoms with Gasteiger partial charge >= 0.3 is 6.36 Å². The van der Waals surface area contributed by atoms with Crippen LogP contribution in [-0.4, -0.2) is 23.2 Å². The first-order valence-corrected chi connectivity index (χ1v) is 9.99. The van der Waals surface area contributed by atoms with Crippen LogP contribution in [0.4, 0.5) is 24.0 Å². The standard InChI is InChI=1S/C18H14F3N3O3S2/c19-18(20,21)27-13-6-3-11(4-7-13)22-15(25)8-5-12-10-29-17(23-12)24-16(26)14-2-1-9-28-14/h1-4,6-7,9-10H,5,8H2,(H,22,25)(H,23,24,26). The van der Waals surface area contributed by atoms with Gasteiger partial charge in [0.15, 0.2) is 5.13 Å². The molecule has 3 aromatic rings. The van der Waals surface area contributed by atoms with E-state index in [1.54, 1.807) is 22.9 Å². The number of rotatable bonds is 7. The molecule has 11 heteroatoms. The van der Waals surface area contributed by atoms with Crippen LogP contribution in [-0.2, 0) is 11.2 Å². The largest absolute Gasteiger partial charge is 0.573 e. The molecule has 0 aliphatic carbocycles. The smallest absolute Gasteiger partial charge is 0.406 e. The number of thiazole rings is 1. The Hall–Kier alpha value is -2.92. The normalized spacial score (nSPS) is 11.1. The quantitative estimate of drug-likeness (QED) is 0.545. The van der Waals surface area contributed by atoms with Crippen LogP contribution in [0.2, 0.25) is 0 Å². The predicted octanol–water partition coefficient (Wildman–Crippen LogP) is 4.93. The van der Waals surface area contributed by atoms with Crippen molar-refractivity contribution in [3.05, 3.63) is 57.7 Å². The molecular formula is C18H14F3N3O3S2. The molecule has 0 aliphatic rings. The fourth-order valence-corrected chi connectivity index (χ4v) is 3.61. The number of nitrogens with zero attached hydrogens (tertiary/aromatic N) is 1. The van der Waals surface area contributed by atoms with Crippen LogP contribution >= 0.6 is 22.7 Å². The second-order valence-electron chi connectivity index (χ2n) is 5.70. The monoisotopic (exact) mass is 441 g/mol.